The predicted molar refractivity (Wildman–Crippen MR) is 101 cm³/mol. The minimum absolute atomic E-state index is 0.0659. The number of piperidine rings is 1. The number of hydrogen-bond donors (Lipinski definition) is 1. The third kappa shape index (κ3) is 4.23. The third-order valence-corrected chi connectivity index (χ3v) is 6.53. The van der Waals surface area contributed by atoms with E-state index < -0.39 is 15.8 Å². The predicted octanol–water partition coefficient (Wildman–Crippen LogP) is 3.41. The van der Waals surface area contributed by atoms with Crippen LogP contribution in [0.15, 0.2) is 51.8 Å². The van der Waals surface area contributed by atoms with E-state index >= 15 is 0 Å². The van der Waals surface area contributed by atoms with E-state index in [1.54, 1.807) is 12.1 Å². The molecule has 3 rings (SSSR count). The summed E-state index contributed by atoms with van der Waals surface area (Å²) in [6.07, 6.45) is 1.32. The Morgan fingerprint density at radius 2 is 1.81 bits per heavy atom. The highest BCUT2D eigenvalue weighted by molar-refractivity contribution is 9.10. The molecule has 136 valence electrons. The molecule has 0 aromatic heterocycles. The van der Waals surface area contributed by atoms with Gasteiger partial charge in [-0.3, -0.25) is 0 Å². The van der Waals surface area contributed by atoms with Gasteiger partial charge in [0.2, 0.25) is 10.0 Å². The van der Waals surface area contributed by atoms with E-state index in [1.807, 2.05) is 6.07 Å². The van der Waals surface area contributed by atoms with Gasteiger partial charge in [0.05, 0.1) is 22.2 Å². The maximum absolute atomic E-state index is 13.0. The van der Waals surface area contributed by atoms with Crippen molar-refractivity contribution in [3.63, 3.8) is 0 Å². The molecule has 0 amide bonds. The molecule has 8 heteroatoms. The molecule has 0 atom stereocenters. The normalized spacial score (nSPS) is 15.7. The van der Waals surface area contributed by atoms with Crippen molar-refractivity contribution >= 4 is 31.6 Å². The van der Waals surface area contributed by atoms with Gasteiger partial charge in [-0.1, -0.05) is 0 Å². The second-order valence-electron chi connectivity index (χ2n) is 6.11. The Morgan fingerprint density at radius 3 is 2.38 bits per heavy atom. The molecule has 2 aromatic rings. The molecule has 0 unspecified atom stereocenters. The first kappa shape index (κ1) is 18.8. The zero-order chi connectivity index (χ0) is 18.7. The van der Waals surface area contributed by atoms with Crippen molar-refractivity contribution in [2.75, 3.05) is 18.0 Å². The molecule has 5 nitrogen and oxygen atoms in total. The number of benzene rings is 2. The van der Waals surface area contributed by atoms with Crippen LogP contribution < -0.4 is 9.62 Å². The van der Waals surface area contributed by atoms with Gasteiger partial charge >= 0.3 is 0 Å². The van der Waals surface area contributed by atoms with E-state index in [-0.39, 0.29) is 10.9 Å². The van der Waals surface area contributed by atoms with Crippen molar-refractivity contribution in [1.29, 1.82) is 5.26 Å². The van der Waals surface area contributed by atoms with Gasteiger partial charge in [-0.2, -0.15) is 5.26 Å². The Balaban J connectivity index is 1.64. The summed E-state index contributed by atoms with van der Waals surface area (Å²) < 4.78 is 41.3. The van der Waals surface area contributed by atoms with Gasteiger partial charge in [0.15, 0.2) is 0 Å². The Hall–Kier alpha value is -1.95. The Kier molecular flexibility index (Phi) is 5.61. The summed E-state index contributed by atoms with van der Waals surface area (Å²) in [4.78, 5) is 2.23. The van der Waals surface area contributed by atoms with Crippen LogP contribution >= 0.6 is 15.9 Å². The summed E-state index contributed by atoms with van der Waals surface area (Å²) >= 11 is 3.49. The maximum atomic E-state index is 13.0. The first-order valence-electron chi connectivity index (χ1n) is 8.11. The van der Waals surface area contributed by atoms with Crippen molar-refractivity contribution in [3.05, 3.63) is 58.3 Å². The van der Waals surface area contributed by atoms with Crippen LogP contribution in [0.2, 0.25) is 0 Å². The number of nitriles is 1. The number of hydrogen-bond acceptors (Lipinski definition) is 4. The van der Waals surface area contributed by atoms with Crippen LogP contribution in [0.25, 0.3) is 0 Å². The topological polar surface area (TPSA) is 73.2 Å². The second-order valence-corrected chi connectivity index (χ2v) is 8.68. The van der Waals surface area contributed by atoms with Crippen molar-refractivity contribution in [3.8, 4) is 6.07 Å². The Bertz CT molecular complexity index is 934. The van der Waals surface area contributed by atoms with Crippen LogP contribution in [-0.4, -0.2) is 27.5 Å². The third-order valence-electron chi connectivity index (χ3n) is 4.36. The molecular weight excluding hydrogens is 421 g/mol. The summed E-state index contributed by atoms with van der Waals surface area (Å²) in [5.41, 5.74) is 1.58. The molecule has 0 saturated carbocycles. The van der Waals surface area contributed by atoms with Crippen molar-refractivity contribution in [2.24, 2.45) is 0 Å². The van der Waals surface area contributed by atoms with Crippen LogP contribution in [0.4, 0.5) is 10.1 Å². The largest absolute Gasteiger partial charge is 0.371 e. The van der Waals surface area contributed by atoms with Gasteiger partial charge in [0.25, 0.3) is 0 Å². The highest BCUT2D eigenvalue weighted by atomic mass is 79.9. The van der Waals surface area contributed by atoms with Gasteiger partial charge in [0, 0.05) is 23.6 Å². The number of anilines is 1. The van der Waals surface area contributed by atoms with E-state index in [0.717, 1.165) is 22.3 Å². The summed E-state index contributed by atoms with van der Waals surface area (Å²) in [7, 11) is -3.66. The average Bonchev–Trinajstić information content (AvgIpc) is 2.62. The van der Waals surface area contributed by atoms with Crippen molar-refractivity contribution in [1.82, 2.24) is 4.72 Å². The van der Waals surface area contributed by atoms with E-state index in [9.17, 15) is 12.8 Å². The average molecular weight is 438 g/mol. The zero-order valence-corrected chi connectivity index (χ0v) is 16.2. The lowest BCUT2D eigenvalue weighted by Crippen LogP contribution is -2.44. The zero-order valence-electron chi connectivity index (χ0n) is 13.8. The first-order valence-corrected chi connectivity index (χ1v) is 10.4. The Morgan fingerprint density at radius 1 is 1.15 bits per heavy atom. The highest BCUT2D eigenvalue weighted by Gasteiger charge is 2.25. The number of sulfonamides is 1. The van der Waals surface area contributed by atoms with E-state index in [1.165, 1.54) is 12.1 Å². The van der Waals surface area contributed by atoms with Crippen molar-refractivity contribution < 1.29 is 12.8 Å². The molecule has 2 aromatic carbocycles. The molecule has 1 fully saturated rings. The maximum Gasteiger partial charge on any atom is 0.240 e. The van der Waals surface area contributed by atoms with Crippen molar-refractivity contribution in [2.45, 2.75) is 23.8 Å². The molecule has 0 aliphatic carbocycles. The smallest absolute Gasteiger partial charge is 0.240 e. The molecule has 1 N–H and O–H groups in total. The molecule has 26 heavy (non-hydrogen) atoms. The lowest BCUT2D eigenvalue weighted by Gasteiger charge is -2.34. The van der Waals surface area contributed by atoms with E-state index in [0.29, 0.717) is 31.5 Å². The minimum atomic E-state index is -3.66. The second kappa shape index (κ2) is 7.74. The summed E-state index contributed by atoms with van der Waals surface area (Å²) in [6, 6.07) is 12.2. The quantitative estimate of drug-likeness (QED) is 0.794. The van der Waals surface area contributed by atoms with Gasteiger partial charge in [0.1, 0.15) is 5.82 Å². The highest BCUT2D eigenvalue weighted by Crippen LogP contribution is 2.29. The molecule has 1 heterocycles. The SMILES string of the molecule is N#Cc1ccc(N2CCC(NS(=O)(=O)c3ccc(F)cc3)CC2)c(Br)c1. The molecule has 0 bridgehead atoms. The molecule has 1 aliphatic rings. The fraction of sp³-hybridized carbons (Fsp3) is 0.278. The van der Waals surface area contributed by atoms with Gasteiger partial charge < -0.3 is 4.90 Å². The minimum Gasteiger partial charge on any atom is -0.371 e. The number of nitrogens with one attached hydrogen (secondary N) is 1. The lowest BCUT2D eigenvalue weighted by atomic mass is 10.1. The number of rotatable bonds is 4. The number of nitrogens with zero attached hydrogens (tertiary/aromatic N) is 2. The van der Waals surface area contributed by atoms with E-state index in [2.05, 4.69) is 31.6 Å². The molecule has 0 spiro atoms. The fourth-order valence-corrected chi connectivity index (χ4v) is 4.91. The van der Waals surface area contributed by atoms with Gasteiger partial charge in [-0.15, -0.1) is 0 Å². The van der Waals surface area contributed by atoms with Gasteiger partial charge in [-0.25, -0.2) is 17.5 Å². The van der Waals surface area contributed by atoms with Crippen LogP contribution in [0, 0.1) is 17.1 Å². The standard InChI is InChI=1S/C18H17BrFN3O2S/c19-17-11-13(12-21)1-6-18(17)23-9-7-15(8-10-23)22-26(24,25)16-4-2-14(20)3-5-16/h1-6,11,15,22H,7-10H2. The van der Waals surface area contributed by atoms with Gasteiger partial charge in [-0.05, 0) is 71.2 Å². The summed E-state index contributed by atoms with van der Waals surface area (Å²) in [5.74, 6) is -0.467. The number of halogens is 2. The van der Waals surface area contributed by atoms with Crippen LogP contribution in [0.1, 0.15) is 18.4 Å². The van der Waals surface area contributed by atoms with Crippen LogP contribution in [-0.2, 0) is 10.0 Å². The molecular formula is C18H17BrFN3O2S. The first-order chi connectivity index (χ1) is 12.4. The monoisotopic (exact) mass is 437 g/mol. The lowest BCUT2D eigenvalue weighted by molar-refractivity contribution is 0.460. The fourth-order valence-electron chi connectivity index (χ4n) is 2.97. The molecule has 1 aliphatic heterocycles. The molecule has 1 saturated heterocycles. The molecule has 0 radical (unpaired) electrons. The summed E-state index contributed by atoms with van der Waals surface area (Å²) in [5, 5.41) is 8.94. The van der Waals surface area contributed by atoms with Crippen LogP contribution in [0.3, 0.4) is 0 Å². The van der Waals surface area contributed by atoms with Crippen LogP contribution in [0.5, 0.6) is 0 Å². The van der Waals surface area contributed by atoms with E-state index in [4.69, 9.17) is 5.26 Å². The summed E-state index contributed by atoms with van der Waals surface area (Å²) in [6.45, 7) is 1.39. The Labute approximate surface area is 160 Å².